The van der Waals surface area contributed by atoms with Crippen molar-refractivity contribution in [2.75, 3.05) is 0 Å². The van der Waals surface area contributed by atoms with E-state index in [-0.39, 0.29) is 46.6 Å². The molecule has 1 aliphatic rings. The number of nitro groups is 1. The van der Waals surface area contributed by atoms with E-state index in [1.54, 1.807) is 48.5 Å². The third kappa shape index (κ3) is 5.16. The number of nitriles is 1. The Labute approximate surface area is 227 Å². The molecule has 0 aliphatic carbocycles. The van der Waals surface area contributed by atoms with Gasteiger partial charge in [-0.05, 0) is 35.9 Å². The highest BCUT2D eigenvalue weighted by atomic mass is 19.1. The van der Waals surface area contributed by atoms with Crippen molar-refractivity contribution in [1.29, 1.82) is 5.26 Å². The van der Waals surface area contributed by atoms with Gasteiger partial charge in [-0.1, -0.05) is 48.5 Å². The van der Waals surface area contributed by atoms with Gasteiger partial charge in [0.25, 0.3) is 5.69 Å². The lowest BCUT2D eigenvalue weighted by atomic mass is 9.83. The maximum Gasteiger partial charge on any atom is 0.350 e. The van der Waals surface area contributed by atoms with Crippen LogP contribution in [0.25, 0.3) is 0 Å². The van der Waals surface area contributed by atoms with Gasteiger partial charge in [-0.25, -0.2) is 9.18 Å². The number of nitrogens with two attached hydrogens (primary N) is 1. The molecule has 1 atom stereocenters. The normalized spacial score (nSPS) is 13.9. The summed E-state index contributed by atoms with van der Waals surface area (Å²) in [6.45, 7) is 0.0516. The van der Waals surface area contributed by atoms with E-state index >= 15 is 0 Å². The number of ether oxygens (including phenoxy) is 3. The van der Waals surface area contributed by atoms with Crippen LogP contribution < -0.4 is 19.9 Å². The molecule has 198 valence electrons. The average molecular weight is 538 g/mol. The van der Waals surface area contributed by atoms with Crippen LogP contribution in [-0.4, -0.2) is 10.9 Å². The number of hydrogen-bond donors (Lipinski definition) is 1. The van der Waals surface area contributed by atoms with Gasteiger partial charge in [0.15, 0.2) is 0 Å². The fourth-order valence-corrected chi connectivity index (χ4v) is 4.34. The second-order valence-electron chi connectivity index (χ2n) is 8.74. The number of allylic oxidation sites excluding steroid dienone is 1. The number of carbonyl (C=O) groups excluding carboxylic acids is 1. The van der Waals surface area contributed by atoms with Crippen LogP contribution in [0.15, 0.2) is 102 Å². The molecule has 0 bridgehead atoms. The Bertz CT molecular complexity index is 1690. The van der Waals surface area contributed by atoms with Crippen LogP contribution in [-0.2, 0) is 6.61 Å². The monoisotopic (exact) mass is 537 g/mol. The predicted molar refractivity (Wildman–Crippen MR) is 141 cm³/mol. The molecule has 0 saturated carbocycles. The zero-order valence-corrected chi connectivity index (χ0v) is 20.7. The van der Waals surface area contributed by atoms with Gasteiger partial charge >= 0.3 is 5.97 Å². The molecule has 0 fully saturated rings. The molecule has 1 unspecified atom stereocenters. The molecule has 10 heteroatoms. The molecule has 40 heavy (non-hydrogen) atoms. The van der Waals surface area contributed by atoms with Crippen molar-refractivity contribution in [2.45, 2.75) is 12.5 Å². The number of rotatable bonds is 7. The first-order valence-corrected chi connectivity index (χ1v) is 12.0. The topological polar surface area (TPSA) is 138 Å². The zero-order chi connectivity index (χ0) is 28.2. The summed E-state index contributed by atoms with van der Waals surface area (Å²) in [6.07, 6.45) is 0. The second-order valence-corrected chi connectivity index (χ2v) is 8.74. The highest BCUT2D eigenvalue weighted by molar-refractivity contribution is 5.95. The SMILES string of the molecule is N#CC1=C(N)Oc2cc(OC(=O)c3ccccc3[N+](=O)[O-])ccc2C1c1ccc(OCc2ccccc2F)cc1. The Hall–Kier alpha value is -5.69. The Morgan fingerprint density at radius 1 is 1.02 bits per heavy atom. The predicted octanol–water partition coefficient (Wildman–Crippen LogP) is 5.75. The number of carbonyl (C=O) groups is 1. The minimum atomic E-state index is -0.910. The maximum absolute atomic E-state index is 13.9. The summed E-state index contributed by atoms with van der Waals surface area (Å²) in [5.41, 5.74) is 7.42. The van der Waals surface area contributed by atoms with Crippen molar-refractivity contribution in [1.82, 2.24) is 0 Å². The summed E-state index contributed by atoms with van der Waals surface area (Å²) in [5, 5.41) is 21.1. The lowest BCUT2D eigenvalue weighted by Gasteiger charge is -2.26. The Kier molecular flexibility index (Phi) is 7.11. The standard InChI is InChI=1S/C30H20FN3O6/c31-25-7-3-1-5-19(25)17-38-20-11-9-18(10-12-20)28-23-14-13-21(15-27(23)40-29(33)24(28)16-32)39-30(35)22-6-2-4-8-26(22)34(36)37/h1-15,28H,17,33H2. The van der Waals surface area contributed by atoms with Gasteiger partial charge < -0.3 is 19.9 Å². The number of hydrogen-bond acceptors (Lipinski definition) is 8. The van der Waals surface area contributed by atoms with Gasteiger partial charge in [0, 0.05) is 23.3 Å². The van der Waals surface area contributed by atoms with E-state index in [0.29, 0.717) is 22.4 Å². The molecule has 4 aromatic rings. The molecule has 0 radical (unpaired) electrons. The van der Waals surface area contributed by atoms with Crippen LogP contribution in [0.2, 0.25) is 0 Å². The Morgan fingerprint density at radius 3 is 2.45 bits per heavy atom. The smallest absolute Gasteiger partial charge is 0.350 e. The van der Waals surface area contributed by atoms with Crippen molar-refractivity contribution in [3.05, 3.63) is 141 Å². The molecular formula is C30H20FN3O6. The quantitative estimate of drug-likeness (QED) is 0.136. The van der Waals surface area contributed by atoms with Crippen molar-refractivity contribution in [2.24, 2.45) is 5.73 Å². The van der Waals surface area contributed by atoms with Crippen LogP contribution in [0.3, 0.4) is 0 Å². The fourth-order valence-electron chi connectivity index (χ4n) is 4.34. The number of fused-ring (bicyclic) bond motifs is 1. The number of nitro benzene ring substituents is 1. The molecule has 1 heterocycles. The number of para-hydroxylation sites is 1. The second kappa shape index (κ2) is 11.0. The Morgan fingerprint density at radius 2 is 1.73 bits per heavy atom. The molecule has 0 spiro atoms. The molecule has 9 nitrogen and oxygen atoms in total. The van der Waals surface area contributed by atoms with Gasteiger partial charge in [0.1, 0.15) is 46.9 Å². The lowest BCUT2D eigenvalue weighted by Crippen LogP contribution is -2.21. The third-order valence-electron chi connectivity index (χ3n) is 6.29. The number of benzene rings is 4. The fraction of sp³-hybridized carbons (Fsp3) is 0.0667. The highest BCUT2D eigenvalue weighted by Crippen LogP contribution is 2.43. The third-order valence-corrected chi connectivity index (χ3v) is 6.29. The summed E-state index contributed by atoms with van der Waals surface area (Å²) >= 11 is 0. The van der Waals surface area contributed by atoms with Crippen LogP contribution in [0.1, 0.15) is 33.0 Å². The van der Waals surface area contributed by atoms with Gasteiger partial charge in [0.2, 0.25) is 5.88 Å². The van der Waals surface area contributed by atoms with Gasteiger partial charge in [-0.3, -0.25) is 10.1 Å². The van der Waals surface area contributed by atoms with E-state index in [1.165, 1.54) is 42.5 Å². The van der Waals surface area contributed by atoms with Crippen molar-refractivity contribution in [3.63, 3.8) is 0 Å². The minimum absolute atomic E-state index is 0.0516. The van der Waals surface area contributed by atoms with E-state index in [2.05, 4.69) is 6.07 Å². The average Bonchev–Trinajstić information content (AvgIpc) is 2.96. The molecule has 0 saturated heterocycles. The molecule has 0 aromatic heterocycles. The summed E-state index contributed by atoms with van der Waals surface area (Å²) in [7, 11) is 0. The van der Waals surface area contributed by atoms with Gasteiger partial charge in [0.05, 0.1) is 10.8 Å². The Balaban J connectivity index is 1.39. The van der Waals surface area contributed by atoms with Crippen LogP contribution in [0.5, 0.6) is 17.2 Å². The van der Waals surface area contributed by atoms with E-state index < -0.39 is 16.8 Å². The van der Waals surface area contributed by atoms with E-state index in [1.807, 2.05) is 0 Å². The molecule has 2 N–H and O–H groups in total. The summed E-state index contributed by atoms with van der Waals surface area (Å²) in [6, 6.07) is 25.4. The van der Waals surface area contributed by atoms with Gasteiger partial charge in [-0.15, -0.1) is 0 Å². The number of esters is 1. The van der Waals surface area contributed by atoms with Crippen LogP contribution in [0.4, 0.5) is 10.1 Å². The van der Waals surface area contributed by atoms with Gasteiger partial charge in [-0.2, -0.15) is 5.26 Å². The van der Waals surface area contributed by atoms with E-state index in [4.69, 9.17) is 19.9 Å². The highest BCUT2D eigenvalue weighted by Gasteiger charge is 2.31. The molecule has 5 rings (SSSR count). The zero-order valence-electron chi connectivity index (χ0n) is 20.7. The number of halogens is 1. The van der Waals surface area contributed by atoms with Crippen molar-refractivity contribution < 1.29 is 28.3 Å². The van der Waals surface area contributed by atoms with Crippen molar-refractivity contribution >= 4 is 11.7 Å². The maximum atomic E-state index is 13.9. The molecule has 0 amide bonds. The first-order chi connectivity index (χ1) is 19.4. The summed E-state index contributed by atoms with van der Waals surface area (Å²) in [5.74, 6) is -1.13. The largest absolute Gasteiger partial charge is 0.489 e. The summed E-state index contributed by atoms with van der Waals surface area (Å²) in [4.78, 5) is 23.3. The van der Waals surface area contributed by atoms with Crippen LogP contribution in [0, 0.1) is 27.3 Å². The van der Waals surface area contributed by atoms with Crippen molar-refractivity contribution in [3.8, 4) is 23.3 Å². The first-order valence-electron chi connectivity index (χ1n) is 12.0. The molecule has 4 aromatic carbocycles. The lowest BCUT2D eigenvalue weighted by molar-refractivity contribution is -0.385. The minimum Gasteiger partial charge on any atom is -0.489 e. The summed E-state index contributed by atoms with van der Waals surface area (Å²) < 4.78 is 30.7. The van der Waals surface area contributed by atoms with Crippen LogP contribution >= 0.6 is 0 Å². The molecular weight excluding hydrogens is 517 g/mol. The van der Waals surface area contributed by atoms with E-state index in [9.17, 15) is 24.6 Å². The number of nitrogens with zero attached hydrogens (tertiary/aromatic N) is 2. The first kappa shape index (κ1) is 25.9. The molecule has 1 aliphatic heterocycles. The van der Waals surface area contributed by atoms with E-state index in [0.717, 1.165) is 0 Å².